The van der Waals surface area contributed by atoms with Gasteiger partial charge in [0, 0.05) is 5.56 Å². The van der Waals surface area contributed by atoms with Crippen molar-refractivity contribution in [3.05, 3.63) is 35.9 Å². The summed E-state index contributed by atoms with van der Waals surface area (Å²) in [5.74, 6) is 0. The zero-order chi connectivity index (χ0) is 10.6. The van der Waals surface area contributed by atoms with E-state index in [1.54, 1.807) is 13.8 Å². The summed E-state index contributed by atoms with van der Waals surface area (Å²) >= 11 is 0. The average Bonchev–Trinajstić information content (AvgIpc) is 2.20. The Kier molecular flexibility index (Phi) is 3.22. The van der Waals surface area contributed by atoms with Crippen molar-refractivity contribution in [2.45, 2.75) is 19.4 Å². The van der Waals surface area contributed by atoms with Gasteiger partial charge in [-0.3, -0.25) is 0 Å². The highest BCUT2D eigenvalue weighted by Crippen LogP contribution is 2.13. The summed E-state index contributed by atoms with van der Waals surface area (Å²) in [6, 6.07) is 9.18. The minimum Gasteiger partial charge on any atom is -0.411 e. The molecule has 0 radical (unpaired) electrons. The van der Waals surface area contributed by atoms with Crippen LogP contribution in [0.5, 0.6) is 0 Å². The van der Waals surface area contributed by atoms with Gasteiger partial charge in [-0.05, 0) is 13.8 Å². The molecule has 0 aliphatic rings. The third-order valence-corrected chi connectivity index (χ3v) is 2.02. The lowest BCUT2D eigenvalue weighted by molar-refractivity contribution is 0.113. The van der Waals surface area contributed by atoms with Gasteiger partial charge < -0.3 is 10.4 Å². The van der Waals surface area contributed by atoms with Gasteiger partial charge in [-0.25, -0.2) is 0 Å². The van der Waals surface area contributed by atoms with E-state index in [-0.39, 0.29) is 0 Å². The van der Waals surface area contributed by atoms with Crippen molar-refractivity contribution in [1.29, 1.82) is 0 Å². The van der Waals surface area contributed by atoms with Crippen molar-refractivity contribution in [2.24, 2.45) is 5.16 Å². The molecule has 0 unspecified atom stereocenters. The lowest BCUT2D eigenvalue weighted by Gasteiger charge is -2.23. The Morgan fingerprint density at radius 3 is 2.29 bits per heavy atom. The number of hydrogen-bond donors (Lipinski definition) is 3. The first kappa shape index (κ1) is 10.7. The van der Waals surface area contributed by atoms with Crippen LogP contribution in [0.15, 0.2) is 35.5 Å². The van der Waals surface area contributed by atoms with E-state index in [2.05, 4.69) is 10.6 Å². The monoisotopic (exact) mass is 194 g/mol. The summed E-state index contributed by atoms with van der Waals surface area (Å²) in [5.41, 5.74) is 2.47. The Balaban J connectivity index is 3.07. The van der Waals surface area contributed by atoms with Crippen molar-refractivity contribution in [2.75, 3.05) is 0 Å². The standard InChI is InChI=1S/C10H14N2O2/c1-10(2,12-14)9(11-13)8-6-4-3-5-7-8/h3-7,12-14H,1-2H3. The molecule has 0 spiro atoms. The van der Waals surface area contributed by atoms with Gasteiger partial charge in [0.2, 0.25) is 0 Å². The zero-order valence-corrected chi connectivity index (χ0v) is 8.23. The van der Waals surface area contributed by atoms with Crippen LogP contribution in [0, 0.1) is 0 Å². The Bertz CT molecular complexity index is 320. The van der Waals surface area contributed by atoms with Crippen LogP contribution in [0.2, 0.25) is 0 Å². The van der Waals surface area contributed by atoms with Gasteiger partial charge in [0.15, 0.2) is 0 Å². The smallest absolute Gasteiger partial charge is 0.108 e. The molecular weight excluding hydrogens is 180 g/mol. The fourth-order valence-corrected chi connectivity index (χ4v) is 1.19. The lowest BCUT2D eigenvalue weighted by atomic mass is 9.93. The number of oxime groups is 1. The second kappa shape index (κ2) is 4.21. The fourth-order valence-electron chi connectivity index (χ4n) is 1.19. The van der Waals surface area contributed by atoms with Crippen molar-refractivity contribution in [3.63, 3.8) is 0 Å². The highest BCUT2D eigenvalue weighted by Gasteiger charge is 2.25. The van der Waals surface area contributed by atoms with Crippen LogP contribution in [0.4, 0.5) is 0 Å². The van der Waals surface area contributed by atoms with Crippen molar-refractivity contribution in [3.8, 4) is 0 Å². The first-order valence-electron chi connectivity index (χ1n) is 4.31. The predicted octanol–water partition coefficient (Wildman–Crippen LogP) is 1.62. The first-order valence-corrected chi connectivity index (χ1v) is 4.31. The molecule has 0 saturated heterocycles. The van der Waals surface area contributed by atoms with Crippen molar-refractivity contribution >= 4 is 5.71 Å². The molecule has 0 bridgehead atoms. The van der Waals surface area contributed by atoms with Crippen molar-refractivity contribution in [1.82, 2.24) is 5.48 Å². The Morgan fingerprint density at radius 2 is 1.86 bits per heavy atom. The number of nitrogens with zero attached hydrogens (tertiary/aromatic N) is 1. The zero-order valence-electron chi connectivity index (χ0n) is 8.23. The van der Waals surface area contributed by atoms with Gasteiger partial charge in [-0.15, -0.1) is 0 Å². The Hall–Kier alpha value is -1.39. The SMILES string of the molecule is CC(C)(NO)C(=NO)c1ccccc1. The molecule has 3 N–H and O–H groups in total. The molecule has 0 atom stereocenters. The summed E-state index contributed by atoms with van der Waals surface area (Å²) in [4.78, 5) is 0. The topological polar surface area (TPSA) is 64.8 Å². The maximum absolute atomic E-state index is 8.91. The van der Waals surface area contributed by atoms with Crippen LogP contribution < -0.4 is 5.48 Å². The molecule has 0 aliphatic carbocycles. The van der Waals surface area contributed by atoms with Gasteiger partial charge in [-0.2, -0.15) is 5.48 Å². The normalized spacial score (nSPS) is 12.9. The molecule has 4 heteroatoms. The van der Waals surface area contributed by atoms with Crippen LogP contribution in [-0.4, -0.2) is 21.7 Å². The minimum absolute atomic E-state index is 0.389. The van der Waals surface area contributed by atoms with E-state index < -0.39 is 5.54 Å². The number of rotatable bonds is 3. The number of nitrogens with one attached hydrogen (secondary N) is 1. The largest absolute Gasteiger partial charge is 0.411 e. The molecule has 1 aromatic rings. The van der Waals surface area contributed by atoms with E-state index in [0.717, 1.165) is 5.56 Å². The molecule has 0 heterocycles. The lowest BCUT2D eigenvalue weighted by Crippen LogP contribution is -2.45. The van der Waals surface area contributed by atoms with E-state index in [9.17, 15) is 0 Å². The van der Waals surface area contributed by atoms with E-state index in [1.165, 1.54) is 0 Å². The van der Waals surface area contributed by atoms with Crippen LogP contribution in [0.1, 0.15) is 19.4 Å². The molecule has 4 nitrogen and oxygen atoms in total. The summed E-state index contributed by atoms with van der Waals surface area (Å²) in [6.45, 7) is 3.43. The van der Waals surface area contributed by atoms with E-state index in [1.807, 2.05) is 30.3 Å². The summed E-state index contributed by atoms with van der Waals surface area (Å²) in [6.07, 6.45) is 0. The summed E-state index contributed by atoms with van der Waals surface area (Å²) < 4.78 is 0. The Morgan fingerprint density at radius 1 is 1.29 bits per heavy atom. The van der Waals surface area contributed by atoms with Crippen LogP contribution in [0.3, 0.4) is 0 Å². The predicted molar refractivity (Wildman–Crippen MR) is 53.8 cm³/mol. The van der Waals surface area contributed by atoms with E-state index >= 15 is 0 Å². The number of hydroxylamine groups is 1. The van der Waals surface area contributed by atoms with Crippen LogP contribution in [0.25, 0.3) is 0 Å². The first-order chi connectivity index (χ1) is 6.61. The highest BCUT2D eigenvalue weighted by atomic mass is 16.5. The maximum atomic E-state index is 8.91. The fraction of sp³-hybridized carbons (Fsp3) is 0.300. The number of hydrogen-bond acceptors (Lipinski definition) is 4. The summed E-state index contributed by atoms with van der Waals surface area (Å²) in [7, 11) is 0. The molecule has 76 valence electrons. The molecule has 1 aromatic carbocycles. The molecule has 0 aliphatic heterocycles. The Labute approximate surface area is 82.8 Å². The quantitative estimate of drug-likeness (QED) is 0.389. The third kappa shape index (κ3) is 2.10. The molecular formula is C10H14N2O2. The van der Waals surface area contributed by atoms with Gasteiger partial charge in [0.25, 0.3) is 0 Å². The highest BCUT2D eigenvalue weighted by molar-refractivity contribution is 6.06. The maximum Gasteiger partial charge on any atom is 0.108 e. The molecule has 0 saturated carbocycles. The molecule has 1 rings (SSSR count). The average molecular weight is 194 g/mol. The van der Waals surface area contributed by atoms with Crippen LogP contribution in [-0.2, 0) is 0 Å². The van der Waals surface area contributed by atoms with Gasteiger partial charge in [0.05, 0.1) is 5.54 Å². The second-order valence-corrected chi connectivity index (χ2v) is 3.55. The van der Waals surface area contributed by atoms with Gasteiger partial charge in [-0.1, -0.05) is 35.5 Å². The van der Waals surface area contributed by atoms with E-state index in [4.69, 9.17) is 10.4 Å². The van der Waals surface area contributed by atoms with Crippen LogP contribution >= 0.6 is 0 Å². The van der Waals surface area contributed by atoms with Crippen molar-refractivity contribution < 1.29 is 10.4 Å². The van der Waals surface area contributed by atoms with E-state index in [0.29, 0.717) is 5.71 Å². The minimum atomic E-state index is -0.782. The van der Waals surface area contributed by atoms with Gasteiger partial charge in [0.1, 0.15) is 5.71 Å². The molecule has 14 heavy (non-hydrogen) atoms. The second-order valence-electron chi connectivity index (χ2n) is 3.55. The molecule has 0 amide bonds. The number of benzene rings is 1. The summed E-state index contributed by atoms with van der Waals surface area (Å²) in [5, 5.41) is 21.0. The van der Waals surface area contributed by atoms with Gasteiger partial charge >= 0.3 is 0 Å². The molecule has 0 fully saturated rings. The third-order valence-electron chi connectivity index (χ3n) is 2.02. The molecule has 0 aromatic heterocycles.